The third-order valence-electron chi connectivity index (χ3n) is 5.34. The number of carbonyl (C=O) groups is 1. The average Bonchev–Trinajstić information content (AvgIpc) is 2.57. The minimum Gasteiger partial charge on any atom is -0.507 e. The van der Waals surface area contributed by atoms with E-state index in [2.05, 4.69) is 12.5 Å². The first-order valence-electron chi connectivity index (χ1n) is 9.35. The lowest BCUT2D eigenvalue weighted by Crippen LogP contribution is -2.18. The molecule has 4 heteroatoms. The fourth-order valence-corrected chi connectivity index (χ4v) is 3.94. The van der Waals surface area contributed by atoms with Gasteiger partial charge >= 0.3 is 5.97 Å². The third kappa shape index (κ3) is 4.54. The van der Waals surface area contributed by atoms with E-state index in [1.165, 1.54) is 6.07 Å². The Hall–Kier alpha value is -2.67. The van der Waals surface area contributed by atoms with Crippen LogP contribution in [0.1, 0.15) is 73.4 Å². The van der Waals surface area contributed by atoms with Crippen LogP contribution in [0.3, 0.4) is 0 Å². The van der Waals surface area contributed by atoms with Crippen LogP contribution in [0.15, 0.2) is 29.9 Å². The monoisotopic (exact) mass is 368 g/mol. The summed E-state index contributed by atoms with van der Waals surface area (Å²) < 4.78 is 0. The Morgan fingerprint density at radius 3 is 2.67 bits per heavy atom. The Bertz CT molecular complexity index is 811. The van der Waals surface area contributed by atoms with Gasteiger partial charge in [0.25, 0.3) is 0 Å². The van der Waals surface area contributed by atoms with Crippen molar-refractivity contribution in [3.8, 4) is 23.8 Å². The van der Waals surface area contributed by atoms with Crippen LogP contribution in [0.5, 0.6) is 11.5 Å². The van der Waals surface area contributed by atoms with E-state index in [-0.39, 0.29) is 34.5 Å². The van der Waals surface area contributed by atoms with Crippen molar-refractivity contribution in [1.29, 1.82) is 0 Å². The van der Waals surface area contributed by atoms with E-state index in [1.807, 2.05) is 19.9 Å². The van der Waals surface area contributed by atoms with E-state index >= 15 is 0 Å². The summed E-state index contributed by atoms with van der Waals surface area (Å²) in [5, 5.41) is 31.2. The Morgan fingerprint density at radius 2 is 2.07 bits per heavy atom. The highest BCUT2D eigenvalue weighted by molar-refractivity contribution is 5.94. The van der Waals surface area contributed by atoms with Crippen molar-refractivity contribution in [3.63, 3.8) is 0 Å². The topological polar surface area (TPSA) is 77.8 Å². The summed E-state index contributed by atoms with van der Waals surface area (Å²) in [5.74, 6) is 0.728. The van der Waals surface area contributed by atoms with Gasteiger partial charge in [-0.05, 0) is 63.5 Å². The van der Waals surface area contributed by atoms with E-state index in [0.717, 1.165) is 30.4 Å². The Balaban J connectivity index is 2.53. The molecule has 0 aliphatic heterocycles. The number of carboxylic acid groups (broad SMARTS) is 1. The summed E-state index contributed by atoms with van der Waals surface area (Å²) in [4.78, 5) is 11.9. The summed E-state index contributed by atoms with van der Waals surface area (Å²) in [6.45, 7) is 7.98. The molecule has 0 saturated heterocycles. The lowest BCUT2D eigenvalue weighted by molar-refractivity contribution is 0.0692. The summed E-state index contributed by atoms with van der Waals surface area (Å²) in [6, 6.07) is 1.49. The van der Waals surface area contributed by atoms with E-state index in [4.69, 9.17) is 6.42 Å². The summed E-state index contributed by atoms with van der Waals surface area (Å²) in [7, 11) is 0. The third-order valence-corrected chi connectivity index (χ3v) is 5.34. The molecule has 4 nitrogen and oxygen atoms in total. The highest BCUT2D eigenvalue weighted by atomic mass is 16.4. The van der Waals surface area contributed by atoms with Gasteiger partial charge in [0.2, 0.25) is 0 Å². The number of terminal acetylenes is 1. The van der Waals surface area contributed by atoms with Crippen molar-refractivity contribution in [2.24, 2.45) is 5.92 Å². The molecule has 27 heavy (non-hydrogen) atoms. The summed E-state index contributed by atoms with van der Waals surface area (Å²) >= 11 is 0. The molecule has 0 fully saturated rings. The van der Waals surface area contributed by atoms with Crippen LogP contribution in [0.4, 0.5) is 0 Å². The number of hydrogen-bond acceptors (Lipinski definition) is 3. The standard InChI is InChI=1S/C23H28O4/c1-5-6-7-8-9-16-13-19(24)21(22(25)20(16)23(26)27)18-12-15(4)10-11-17(18)14(2)3/h1,12-13,17-18,24-25H,2,6-11H2,3-4H3,(H,26,27)/t17-,18+/m0/s1. The average molecular weight is 368 g/mol. The first kappa shape index (κ1) is 20.6. The summed E-state index contributed by atoms with van der Waals surface area (Å²) in [5.41, 5.74) is 2.71. The molecule has 0 amide bonds. The quantitative estimate of drug-likeness (QED) is 0.353. The molecule has 0 spiro atoms. The van der Waals surface area contributed by atoms with Crippen molar-refractivity contribution >= 4 is 5.97 Å². The van der Waals surface area contributed by atoms with E-state index < -0.39 is 5.97 Å². The van der Waals surface area contributed by atoms with Crippen LogP contribution in [-0.4, -0.2) is 21.3 Å². The zero-order chi connectivity index (χ0) is 20.1. The number of aryl methyl sites for hydroxylation is 1. The van der Waals surface area contributed by atoms with E-state index in [1.54, 1.807) is 0 Å². The number of rotatable bonds is 7. The maximum Gasteiger partial charge on any atom is 0.339 e. The zero-order valence-corrected chi connectivity index (χ0v) is 16.1. The number of allylic oxidation sites excluding steroid dienone is 3. The molecule has 0 aromatic heterocycles. The van der Waals surface area contributed by atoms with Gasteiger partial charge in [0, 0.05) is 17.9 Å². The number of hydrogen-bond donors (Lipinski definition) is 3. The van der Waals surface area contributed by atoms with Gasteiger partial charge < -0.3 is 15.3 Å². The molecule has 3 N–H and O–H groups in total. The second kappa shape index (κ2) is 8.81. The predicted molar refractivity (Wildman–Crippen MR) is 107 cm³/mol. The molecule has 1 aliphatic carbocycles. The fraction of sp³-hybridized carbons (Fsp3) is 0.435. The molecule has 0 heterocycles. The maximum absolute atomic E-state index is 11.9. The van der Waals surface area contributed by atoms with Gasteiger partial charge in [-0.1, -0.05) is 23.8 Å². The van der Waals surface area contributed by atoms with Gasteiger partial charge in [-0.15, -0.1) is 12.3 Å². The number of unbranched alkanes of at least 4 members (excludes halogenated alkanes) is 2. The molecule has 2 atom stereocenters. The highest BCUT2D eigenvalue weighted by Crippen LogP contribution is 2.48. The lowest BCUT2D eigenvalue weighted by Gasteiger charge is -2.32. The SMILES string of the molecule is C#CCCCCc1cc(O)c([C@@H]2C=C(C)CC[C@H]2C(=C)C)c(O)c1C(=O)O. The number of carboxylic acids is 1. The number of benzene rings is 1. The zero-order valence-electron chi connectivity index (χ0n) is 16.1. The highest BCUT2D eigenvalue weighted by Gasteiger charge is 2.32. The Morgan fingerprint density at radius 1 is 1.37 bits per heavy atom. The van der Waals surface area contributed by atoms with Crippen LogP contribution in [0.25, 0.3) is 0 Å². The largest absolute Gasteiger partial charge is 0.507 e. The molecular formula is C23H28O4. The fourth-order valence-electron chi connectivity index (χ4n) is 3.94. The van der Waals surface area contributed by atoms with Crippen LogP contribution in [0, 0.1) is 18.3 Å². The lowest BCUT2D eigenvalue weighted by atomic mass is 9.73. The van der Waals surface area contributed by atoms with Gasteiger partial charge in [0.05, 0.1) is 0 Å². The van der Waals surface area contributed by atoms with Crippen molar-refractivity contribution in [3.05, 3.63) is 46.6 Å². The molecule has 144 valence electrons. The molecule has 1 aromatic carbocycles. The first-order valence-corrected chi connectivity index (χ1v) is 9.35. The molecule has 0 unspecified atom stereocenters. The molecule has 1 aromatic rings. The van der Waals surface area contributed by atoms with Crippen molar-refractivity contribution < 1.29 is 20.1 Å². The number of aromatic carboxylic acids is 1. The van der Waals surface area contributed by atoms with E-state index in [0.29, 0.717) is 24.8 Å². The van der Waals surface area contributed by atoms with Crippen LogP contribution in [0.2, 0.25) is 0 Å². The van der Waals surface area contributed by atoms with Crippen molar-refractivity contribution in [1.82, 2.24) is 0 Å². The second-order valence-corrected chi connectivity index (χ2v) is 7.44. The van der Waals surface area contributed by atoms with E-state index in [9.17, 15) is 20.1 Å². The molecule has 0 saturated carbocycles. The number of aromatic hydroxyl groups is 2. The molecule has 1 aliphatic rings. The minimum absolute atomic E-state index is 0.0497. The second-order valence-electron chi connectivity index (χ2n) is 7.44. The van der Waals surface area contributed by atoms with Gasteiger partial charge in [0.1, 0.15) is 17.1 Å². The minimum atomic E-state index is -1.19. The molecule has 2 rings (SSSR count). The Kier molecular flexibility index (Phi) is 6.74. The van der Waals surface area contributed by atoms with Gasteiger partial charge in [-0.25, -0.2) is 4.79 Å². The van der Waals surface area contributed by atoms with Crippen LogP contribution >= 0.6 is 0 Å². The van der Waals surface area contributed by atoms with Crippen LogP contribution < -0.4 is 0 Å². The molecule has 0 radical (unpaired) electrons. The van der Waals surface area contributed by atoms with Gasteiger partial charge in [-0.2, -0.15) is 0 Å². The first-order chi connectivity index (χ1) is 12.8. The smallest absolute Gasteiger partial charge is 0.339 e. The van der Waals surface area contributed by atoms with Crippen LogP contribution in [-0.2, 0) is 6.42 Å². The number of phenols is 2. The normalized spacial score (nSPS) is 19.2. The van der Waals surface area contributed by atoms with Crippen molar-refractivity contribution in [2.45, 2.75) is 58.3 Å². The number of phenolic OH excluding ortho intramolecular Hbond substituents is 1. The van der Waals surface area contributed by atoms with Gasteiger partial charge in [0.15, 0.2) is 0 Å². The Labute approximate surface area is 161 Å². The predicted octanol–water partition coefficient (Wildman–Crippen LogP) is 5.16. The van der Waals surface area contributed by atoms with Gasteiger partial charge in [-0.3, -0.25) is 0 Å². The maximum atomic E-state index is 11.9. The molecule has 0 bridgehead atoms. The van der Waals surface area contributed by atoms with Crippen molar-refractivity contribution in [2.75, 3.05) is 0 Å². The molecular weight excluding hydrogens is 340 g/mol. The summed E-state index contributed by atoms with van der Waals surface area (Å²) in [6.07, 6.45) is 11.6.